The number of hydrogen-bond donors (Lipinski definition) is 2. The molecule has 2 aromatic carbocycles. The van der Waals surface area contributed by atoms with Gasteiger partial charge in [-0.2, -0.15) is 0 Å². The quantitative estimate of drug-likeness (QED) is 0.653. The van der Waals surface area contributed by atoms with E-state index in [9.17, 15) is 10.2 Å². The van der Waals surface area contributed by atoms with Crippen LogP contribution < -0.4 is 4.90 Å². The Labute approximate surface area is 154 Å². The van der Waals surface area contributed by atoms with Crippen molar-refractivity contribution in [2.24, 2.45) is 0 Å². The zero-order valence-corrected chi connectivity index (χ0v) is 15.2. The van der Waals surface area contributed by atoms with Gasteiger partial charge in [0.15, 0.2) is 0 Å². The largest absolute Gasteiger partial charge is 0.508 e. The summed E-state index contributed by atoms with van der Waals surface area (Å²) >= 11 is 0. The Kier molecular flexibility index (Phi) is 5.42. The molecule has 3 rings (SSSR count). The van der Waals surface area contributed by atoms with Crippen LogP contribution in [0.2, 0.25) is 0 Å². The number of benzene rings is 2. The fourth-order valence-corrected chi connectivity index (χ4v) is 2.82. The van der Waals surface area contributed by atoms with E-state index in [0.29, 0.717) is 0 Å². The van der Waals surface area contributed by atoms with Crippen LogP contribution in [0.3, 0.4) is 0 Å². The third-order valence-electron chi connectivity index (χ3n) is 4.41. The maximum Gasteiger partial charge on any atom is 0.129 e. The van der Waals surface area contributed by atoms with Crippen LogP contribution >= 0.6 is 0 Å². The van der Waals surface area contributed by atoms with Gasteiger partial charge in [-0.3, -0.25) is 0 Å². The molecular formula is C22H24N2O2. The molecule has 0 amide bonds. The number of aromatic nitrogens is 1. The van der Waals surface area contributed by atoms with E-state index in [-0.39, 0.29) is 11.5 Å². The van der Waals surface area contributed by atoms with E-state index in [1.807, 2.05) is 30.3 Å². The van der Waals surface area contributed by atoms with Crippen molar-refractivity contribution in [3.8, 4) is 33.9 Å². The number of nitrogens with zero attached hydrogens (tertiary/aromatic N) is 2. The summed E-state index contributed by atoms with van der Waals surface area (Å²) in [6.07, 6.45) is 2.24. The monoisotopic (exact) mass is 348 g/mol. The first-order valence-corrected chi connectivity index (χ1v) is 8.89. The van der Waals surface area contributed by atoms with Gasteiger partial charge in [-0.25, -0.2) is 4.98 Å². The van der Waals surface area contributed by atoms with E-state index < -0.39 is 0 Å². The van der Waals surface area contributed by atoms with Gasteiger partial charge in [-0.1, -0.05) is 25.5 Å². The van der Waals surface area contributed by atoms with E-state index in [2.05, 4.69) is 24.9 Å². The second kappa shape index (κ2) is 7.91. The fraction of sp³-hybridized carbons (Fsp3) is 0.227. The van der Waals surface area contributed by atoms with Gasteiger partial charge < -0.3 is 15.1 Å². The molecule has 0 aliphatic carbocycles. The summed E-state index contributed by atoms with van der Waals surface area (Å²) in [6, 6.07) is 18.4. The normalized spacial score (nSPS) is 10.7. The lowest BCUT2D eigenvalue weighted by atomic mass is 10.0. The Hall–Kier alpha value is -3.01. The molecule has 134 valence electrons. The molecule has 1 heterocycles. The van der Waals surface area contributed by atoms with Crippen molar-refractivity contribution in [1.29, 1.82) is 0 Å². The fourth-order valence-electron chi connectivity index (χ4n) is 2.82. The molecule has 26 heavy (non-hydrogen) atoms. The molecule has 0 unspecified atom stereocenters. The molecule has 3 aromatic rings. The highest BCUT2D eigenvalue weighted by atomic mass is 16.3. The number of aromatic hydroxyl groups is 2. The van der Waals surface area contributed by atoms with Crippen LogP contribution in [0.1, 0.15) is 19.8 Å². The zero-order chi connectivity index (χ0) is 18.5. The average molecular weight is 348 g/mol. The van der Waals surface area contributed by atoms with Crippen molar-refractivity contribution in [2.45, 2.75) is 19.8 Å². The standard InChI is InChI=1S/C22H24N2O2/c1-3-4-13-24(2)22-15-18(16-5-9-19(25)10-6-16)14-21(23-22)17-7-11-20(26)12-8-17/h5-12,14-15,25-26H,3-4,13H2,1-2H3. The lowest BCUT2D eigenvalue weighted by Crippen LogP contribution is -2.19. The van der Waals surface area contributed by atoms with Crippen molar-refractivity contribution in [3.05, 3.63) is 60.7 Å². The van der Waals surface area contributed by atoms with E-state index in [0.717, 1.165) is 47.6 Å². The molecular weight excluding hydrogens is 324 g/mol. The minimum atomic E-state index is 0.240. The summed E-state index contributed by atoms with van der Waals surface area (Å²) in [6.45, 7) is 3.12. The molecule has 4 nitrogen and oxygen atoms in total. The van der Waals surface area contributed by atoms with Crippen molar-refractivity contribution in [3.63, 3.8) is 0 Å². The summed E-state index contributed by atoms with van der Waals surface area (Å²) < 4.78 is 0. The number of unbranched alkanes of at least 4 members (excludes halogenated alkanes) is 1. The third kappa shape index (κ3) is 4.14. The molecule has 0 bridgehead atoms. The highest BCUT2D eigenvalue weighted by Crippen LogP contribution is 2.30. The SMILES string of the molecule is CCCCN(C)c1cc(-c2ccc(O)cc2)cc(-c2ccc(O)cc2)n1. The molecule has 0 radical (unpaired) electrons. The molecule has 0 saturated heterocycles. The Morgan fingerprint density at radius 2 is 1.38 bits per heavy atom. The van der Waals surface area contributed by atoms with Crippen LogP contribution in [-0.4, -0.2) is 28.8 Å². The van der Waals surface area contributed by atoms with Gasteiger partial charge in [-0.05, 0) is 66.1 Å². The summed E-state index contributed by atoms with van der Waals surface area (Å²) in [5, 5.41) is 19.1. The maximum absolute atomic E-state index is 9.56. The van der Waals surface area contributed by atoms with Crippen LogP contribution in [0.5, 0.6) is 11.5 Å². The molecule has 1 aromatic heterocycles. The predicted octanol–water partition coefficient (Wildman–Crippen LogP) is 5.06. The van der Waals surface area contributed by atoms with Crippen LogP contribution in [0.4, 0.5) is 5.82 Å². The van der Waals surface area contributed by atoms with Crippen molar-refractivity contribution in [2.75, 3.05) is 18.5 Å². The van der Waals surface area contributed by atoms with E-state index in [1.165, 1.54) is 0 Å². The van der Waals surface area contributed by atoms with Crippen LogP contribution in [0.15, 0.2) is 60.7 Å². The van der Waals surface area contributed by atoms with Gasteiger partial charge in [0.25, 0.3) is 0 Å². The molecule has 0 fully saturated rings. The minimum absolute atomic E-state index is 0.240. The smallest absolute Gasteiger partial charge is 0.129 e. The number of phenolic OH excluding ortho intramolecular Hbond substituents is 2. The minimum Gasteiger partial charge on any atom is -0.508 e. The second-order valence-electron chi connectivity index (χ2n) is 6.47. The molecule has 0 aliphatic heterocycles. The highest BCUT2D eigenvalue weighted by Gasteiger charge is 2.10. The Morgan fingerprint density at radius 1 is 0.808 bits per heavy atom. The third-order valence-corrected chi connectivity index (χ3v) is 4.41. The van der Waals surface area contributed by atoms with Crippen LogP contribution in [-0.2, 0) is 0 Å². The number of rotatable bonds is 6. The molecule has 0 atom stereocenters. The van der Waals surface area contributed by atoms with Crippen LogP contribution in [0.25, 0.3) is 22.4 Å². The highest BCUT2D eigenvalue weighted by molar-refractivity contribution is 5.74. The van der Waals surface area contributed by atoms with Crippen molar-refractivity contribution >= 4 is 5.82 Å². The number of anilines is 1. The van der Waals surface area contributed by atoms with Gasteiger partial charge in [0.05, 0.1) is 5.69 Å². The molecule has 4 heteroatoms. The lowest BCUT2D eigenvalue weighted by molar-refractivity contribution is 0.475. The Balaban J connectivity index is 2.06. The first kappa shape index (κ1) is 17.8. The van der Waals surface area contributed by atoms with Gasteiger partial charge in [0, 0.05) is 19.2 Å². The van der Waals surface area contributed by atoms with E-state index in [4.69, 9.17) is 4.98 Å². The zero-order valence-electron chi connectivity index (χ0n) is 15.2. The van der Waals surface area contributed by atoms with Crippen molar-refractivity contribution < 1.29 is 10.2 Å². The predicted molar refractivity (Wildman–Crippen MR) is 107 cm³/mol. The van der Waals surface area contributed by atoms with Crippen LogP contribution in [0, 0.1) is 0 Å². The number of phenols is 2. The second-order valence-corrected chi connectivity index (χ2v) is 6.47. The maximum atomic E-state index is 9.56. The van der Waals surface area contributed by atoms with Gasteiger partial charge in [0.1, 0.15) is 17.3 Å². The summed E-state index contributed by atoms with van der Waals surface area (Å²) in [5.74, 6) is 1.40. The Morgan fingerprint density at radius 3 is 1.96 bits per heavy atom. The van der Waals surface area contributed by atoms with Gasteiger partial charge in [0.2, 0.25) is 0 Å². The van der Waals surface area contributed by atoms with Crippen molar-refractivity contribution in [1.82, 2.24) is 4.98 Å². The van der Waals surface area contributed by atoms with Gasteiger partial charge >= 0.3 is 0 Å². The lowest BCUT2D eigenvalue weighted by Gasteiger charge is -2.20. The summed E-state index contributed by atoms with van der Waals surface area (Å²) in [7, 11) is 2.05. The average Bonchev–Trinajstić information content (AvgIpc) is 2.67. The Bertz CT molecular complexity index is 795. The number of hydrogen-bond acceptors (Lipinski definition) is 4. The summed E-state index contributed by atoms with van der Waals surface area (Å²) in [4.78, 5) is 6.99. The topological polar surface area (TPSA) is 56.6 Å². The molecule has 2 N–H and O–H groups in total. The first-order valence-electron chi connectivity index (χ1n) is 8.89. The van der Waals surface area contributed by atoms with E-state index >= 15 is 0 Å². The first-order chi connectivity index (χ1) is 12.6. The molecule has 0 spiro atoms. The van der Waals surface area contributed by atoms with E-state index in [1.54, 1.807) is 24.3 Å². The summed E-state index contributed by atoms with van der Waals surface area (Å²) in [5.41, 5.74) is 3.87. The number of pyridine rings is 1. The van der Waals surface area contributed by atoms with Gasteiger partial charge in [-0.15, -0.1) is 0 Å². The molecule has 0 saturated carbocycles. The molecule has 0 aliphatic rings.